The van der Waals surface area contributed by atoms with Crippen molar-refractivity contribution >= 4 is 11.6 Å². The van der Waals surface area contributed by atoms with Crippen LogP contribution >= 0.6 is 0 Å². The summed E-state index contributed by atoms with van der Waals surface area (Å²) in [5.41, 5.74) is 3.76. The molecule has 80 valence electrons. The Hall–Kier alpha value is -1.44. The van der Waals surface area contributed by atoms with Crippen LogP contribution in [0.15, 0.2) is 12.1 Å². The van der Waals surface area contributed by atoms with Crippen LogP contribution in [0, 0.1) is 20.8 Å². The van der Waals surface area contributed by atoms with E-state index in [1.165, 1.54) is 6.92 Å². The maximum atomic E-state index is 11.8. The molecule has 2 heteroatoms. The third kappa shape index (κ3) is 2.75. The van der Waals surface area contributed by atoms with E-state index in [2.05, 4.69) is 0 Å². The largest absolute Gasteiger partial charge is 0.300 e. The molecule has 0 saturated carbocycles. The smallest absolute Gasteiger partial charge is 0.170 e. The molecule has 0 amide bonds. The van der Waals surface area contributed by atoms with Crippen LogP contribution in [-0.4, -0.2) is 11.6 Å². The van der Waals surface area contributed by atoms with Crippen molar-refractivity contribution in [2.45, 2.75) is 34.1 Å². The highest BCUT2D eigenvalue weighted by Gasteiger charge is 2.14. The van der Waals surface area contributed by atoms with Crippen LogP contribution in [0.2, 0.25) is 0 Å². The molecule has 0 atom stereocenters. The van der Waals surface area contributed by atoms with Crippen LogP contribution in [0.4, 0.5) is 0 Å². The Kier molecular flexibility index (Phi) is 3.40. The summed E-state index contributed by atoms with van der Waals surface area (Å²) in [6.45, 7) is 7.26. The van der Waals surface area contributed by atoms with E-state index in [0.29, 0.717) is 5.56 Å². The second-order valence-corrected chi connectivity index (χ2v) is 4.08. The number of carbonyl (C=O) groups excluding carboxylic acids is 2. The lowest BCUT2D eigenvalue weighted by Gasteiger charge is -2.09. The number of aryl methyl sites for hydroxylation is 3. The lowest BCUT2D eigenvalue weighted by atomic mass is 9.94. The number of carbonyl (C=O) groups is 2. The Bertz CT molecular complexity index is 394. The first-order chi connectivity index (χ1) is 6.91. The summed E-state index contributed by atoms with van der Waals surface area (Å²) in [6, 6.07) is 3.95. The first kappa shape index (κ1) is 11.6. The first-order valence-corrected chi connectivity index (χ1v) is 5.02. The van der Waals surface area contributed by atoms with Gasteiger partial charge in [0.15, 0.2) is 5.78 Å². The van der Waals surface area contributed by atoms with Gasteiger partial charge in [0.25, 0.3) is 0 Å². The van der Waals surface area contributed by atoms with E-state index in [1.807, 2.05) is 32.9 Å². The predicted octanol–water partition coefficient (Wildman–Crippen LogP) is 2.77. The maximum Gasteiger partial charge on any atom is 0.170 e. The van der Waals surface area contributed by atoms with E-state index < -0.39 is 0 Å². The minimum atomic E-state index is -0.0839. The van der Waals surface area contributed by atoms with Gasteiger partial charge in [-0.15, -0.1) is 0 Å². The van der Waals surface area contributed by atoms with Gasteiger partial charge in [-0.05, 0) is 38.8 Å². The summed E-state index contributed by atoms with van der Waals surface area (Å²) in [7, 11) is 0. The van der Waals surface area contributed by atoms with E-state index >= 15 is 0 Å². The van der Waals surface area contributed by atoms with Crippen LogP contribution in [0.3, 0.4) is 0 Å². The third-order valence-electron chi connectivity index (χ3n) is 2.37. The summed E-state index contributed by atoms with van der Waals surface area (Å²) < 4.78 is 0. The van der Waals surface area contributed by atoms with Crippen molar-refractivity contribution in [1.29, 1.82) is 0 Å². The molecule has 0 N–H and O–H groups in total. The lowest BCUT2D eigenvalue weighted by Crippen LogP contribution is -2.09. The highest BCUT2D eigenvalue weighted by molar-refractivity contribution is 6.08. The molecule has 0 aliphatic rings. The van der Waals surface area contributed by atoms with E-state index in [9.17, 15) is 9.59 Å². The lowest BCUT2D eigenvalue weighted by molar-refractivity contribution is -0.116. The van der Waals surface area contributed by atoms with Crippen LogP contribution in [-0.2, 0) is 4.79 Å². The summed E-state index contributed by atoms with van der Waals surface area (Å²) >= 11 is 0. The Labute approximate surface area is 90.3 Å². The molecule has 0 aliphatic carbocycles. The molecule has 1 rings (SSSR count). The van der Waals surface area contributed by atoms with E-state index in [-0.39, 0.29) is 18.0 Å². The predicted molar refractivity (Wildman–Crippen MR) is 60.3 cm³/mol. The van der Waals surface area contributed by atoms with Gasteiger partial charge in [-0.25, -0.2) is 0 Å². The van der Waals surface area contributed by atoms with Crippen molar-refractivity contribution in [3.8, 4) is 0 Å². The standard InChI is InChI=1S/C13H16O2/c1-8-5-9(2)13(10(3)6-8)12(15)7-11(4)14/h5-6H,7H2,1-4H3. The van der Waals surface area contributed by atoms with Gasteiger partial charge in [-0.3, -0.25) is 9.59 Å². The average Bonchev–Trinajstić information content (AvgIpc) is 1.99. The molecule has 0 spiro atoms. The van der Waals surface area contributed by atoms with Crippen LogP contribution in [0.25, 0.3) is 0 Å². The molecule has 15 heavy (non-hydrogen) atoms. The van der Waals surface area contributed by atoms with Crippen LogP contribution in [0.5, 0.6) is 0 Å². The van der Waals surface area contributed by atoms with Crippen molar-refractivity contribution in [3.63, 3.8) is 0 Å². The molecular formula is C13H16O2. The normalized spacial score (nSPS) is 10.1. The Morgan fingerprint density at radius 2 is 1.53 bits per heavy atom. The molecule has 0 heterocycles. The third-order valence-corrected chi connectivity index (χ3v) is 2.37. The molecule has 0 fully saturated rings. The summed E-state index contributed by atoms with van der Waals surface area (Å²) in [5.74, 6) is -0.156. The molecule has 0 radical (unpaired) electrons. The Morgan fingerprint density at radius 1 is 1.07 bits per heavy atom. The number of Topliss-reactive ketones (excluding diaryl/α,β-unsaturated/α-hetero) is 2. The SMILES string of the molecule is CC(=O)CC(=O)c1c(C)cc(C)cc1C. The zero-order valence-corrected chi connectivity index (χ0v) is 9.68. The number of ketones is 2. The fraction of sp³-hybridized carbons (Fsp3) is 0.385. The monoisotopic (exact) mass is 204 g/mol. The summed E-state index contributed by atoms with van der Waals surface area (Å²) in [4.78, 5) is 22.7. The van der Waals surface area contributed by atoms with Gasteiger partial charge in [0.2, 0.25) is 0 Å². The Balaban J connectivity index is 3.14. The Morgan fingerprint density at radius 3 is 1.93 bits per heavy atom. The second kappa shape index (κ2) is 4.39. The number of hydrogen-bond donors (Lipinski definition) is 0. The zero-order chi connectivity index (χ0) is 11.6. The molecule has 0 saturated heterocycles. The fourth-order valence-electron chi connectivity index (χ4n) is 1.93. The van der Waals surface area contributed by atoms with E-state index in [4.69, 9.17) is 0 Å². The highest BCUT2D eigenvalue weighted by Crippen LogP contribution is 2.18. The average molecular weight is 204 g/mol. The first-order valence-electron chi connectivity index (χ1n) is 5.02. The molecule has 0 aromatic heterocycles. The topological polar surface area (TPSA) is 34.1 Å². The molecular weight excluding hydrogens is 188 g/mol. The van der Waals surface area contributed by atoms with Crippen molar-refractivity contribution in [2.75, 3.05) is 0 Å². The van der Waals surface area contributed by atoms with E-state index in [1.54, 1.807) is 0 Å². The van der Waals surface area contributed by atoms with Gasteiger partial charge < -0.3 is 0 Å². The number of rotatable bonds is 3. The van der Waals surface area contributed by atoms with Gasteiger partial charge in [0.05, 0.1) is 6.42 Å². The molecule has 0 bridgehead atoms. The zero-order valence-electron chi connectivity index (χ0n) is 9.68. The molecule has 1 aromatic carbocycles. The molecule has 2 nitrogen and oxygen atoms in total. The van der Waals surface area contributed by atoms with Crippen molar-refractivity contribution in [3.05, 3.63) is 34.4 Å². The van der Waals surface area contributed by atoms with E-state index in [0.717, 1.165) is 16.7 Å². The molecule has 1 aromatic rings. The summed E-state index contributed by atoms with van der Waals surface area (Å²) in [6.07, 6.45) is 0.00470. The van der Waals surface area contributed by atoms with Crippen molar-refractivity contribution in [1.82, 2.24) is 0 Å². The molecule has 0 aliphatic heterocycles. The van der Waals surface area contributed by atoms with Gasteiger partial charge in [0, 0.05) is 5.56 Å². The van der Waals surface area contributed by atoms with Gasteiger partial charge in [0.1, 0.15) is 5.78 Å². The van der Waals surface area contributed by atoms with Gasteiger partial charge in [-0.1, -0.05) is 17.7 Å². The number of hydrogen-bond acceptors (Lipinski definition) is 2. The van der Waals surface area contributed by atoms with Gasteiger partial charge in [-0.2, -0.15) is 0 Å². The molecule has 0 unspecified atom stereocenters. The second-order valence-electron chi connectivity index (χ2n) is 4.08. The van der Waals surface area contributed by atoms with Crippen molar-refractivity contribution in [2.24, 2.45) is 0 Å². The quantitative estimate of drug-likeness (QED) is 0.560. The minimum absolute atomic E-state index is 0.00470. The number of benzene rings is 1. The maximum absolute atomic E-state index is 11.8. The minimum Gasteiger partial charge on any atom is -0.300 e. The highest BCUT2D eigenvalue weighted by atomic mass is 16.1. The summed E-state index contributed by atoms with van der Waals surface area (Å²) in [5, 5.41) is 0. The fourth-order valence-corrected chi connectivity index (χ4v) is 1.93. The van der Waals surface area contributed by atoms with Crippen molar-refractivity contribution < 1.29 is 9.59 Å². The van der Waals surface area contributed by atoms with Crippen LogP contribution in [0.1, 0.15) is 40.4 Å². The van der Waals surface area contributed by atoms with Crippen LogP contribution < -0.4 is 0 Å². The van der Waals surface area contributed by atoms with Gasteiger partial charge >= 0.3 is 0 Å².